The van der Waals surface area contributed by atoms with Gasteiger partial charge in [0.15, 0.2) is 0 Å². The number of halogens is 1. The van der Waals surface area contributed by atoms with Crippen molar-refractivity contribution in [3.05, 3.63) is 35.6 Å². The van der Waals surface area contributed by atoms with Crippen LogP contribution in [0.1, 0.15) is 43.6 Å². The summed E-state index contributed by atoms with van der Waals surface area (Å²) in [5.74, 6) is 2.16. The highest BCUT2D eigenvalue weighted by Crippen LogP contribution is 2.63. The third kappa shape index (κ3) is 1.69. The van der Waals surface area contributed by atoms with Crippen LogP contribution in [0.5, 0.6) is 0 Å². The van der Waals surface area contributed by atoms with E-state index in [4.69, 9.17) is 0 Å². The summed E-state index contributed by atoms with van der Waals surface area (Å²) in [5, 5.41) is 3.50. The minimum atomic E-state index is -0.00153. The van der Waals surface area contributed by atoms with Crippen LogP contribution < -0.4 is 5.32 Å². The van der Waals surface area contributed by atoms with Crippen LogP contribution in [0.4, 0.5) is 4.39 Å². The van der Waals surface area contributed by atoms with Crippen LogP contribution in [0.2, 0.25) is 0 Å². The van der Waals surface area contributed by atoms with Crippen molar-refractivity contribution in [2.45, 2.75) is 38.0 Å². The average molecular weight is 259 g/mol. The molecule has 1 aromatic rings. The number of hydrogen-bond donors (Lipinski definition) is 1. The molecule has 0 radical (unpaired) electrons. The first kappa shape index (κ1) is 11.9. The van der Waals surface area contributed by atoms with Crippen molar-refractivity contribution >= 4 is 0 Å². The zero-order chi connectivity index (χ0) is 12.9. The molecular weight excluding hydrogens is 237 g/mol. The SMILES string of the molecule is Fc1ccccc1C1CNCCC12CC1CCC2C1. The minimum Gasteiger partial charge on any atom is -0.316 e. The van der Waals surface area contributed by atoms with E-state index < -0.39 is 0 Å². The molecule has 1 spiro atoms. The van der Waals surface area contributed by atoms with Crippen molar-refractivity contribution in [1.29, 1.82) is 0 Å². The Morgan fingerprint density at radius 1 is 1.21 bits per heavy atom. The molecule has 3 aliphatic rings. The lowest BCUT2D eigenvalue weighted by Gasteiger charge is -2.48. The first-order chi connectivity index (χ1) is 9.29. The summed E-state index contributed by atoms with van der Waals surface area (Å²) in [6.45, 7) is 2.08. The summed E-state index contributed by atoms with van der Waals surface area (Å²) in [5.41, 5.74) is 1.36. The third-order valence-electron chi connectivity index (χ3n) is 6.11. The standard InChI is InChI=1S/C17H22FN/c18-16-4-2-1-3-14(16)15-11-19-8-7-17(15)10-12-5-6-13(17)9-12/h1-4,12-13,15,19H,5-11H2. The Bertz CT molecular complexity index is 486. The van der Waals surface area contributed by atoms with Crippen LogP contribution in [-0.4, -0.2) is 13.1 Å². The molecule has 2 heteroatoms. The Morgan fingerprint density at radius 2 is 2.11 bits per heavy atom. The van der Waals surface area contributed by atoms with E-state index in [0.717, 1.165) is 30.5 Å². The maximum atomic E-state index is 14.2. The zero-order valence-corrected chi connectivity index (χ0v) is 11.4. The van der Waals surface area contributed by atoms with Crippen molar-refractivity contribution in [3.8, 4) is 0 Å². The average Bonchev–Trinajstić information content (AvgIpc) is 3.01. The summed E-state index contributed by atoms with van der Waals surface area (Å²) in [7, 11) is 0. The second-order valence-corrected chi connectivity index (χ2v) is 6.84. The molecule has 4 rings (SSSR count). The molecule has 19 heavy (non-hydrogen) atoms. The van der Waals surface area contributed by atoms with Crippen molar-refractivity contribution in [2.24, 2.45) is 17.3 Å². The fourth-order valence-corrected chi connectivity index (χ4v) is 5.34. The molecule has 0 amide bonds. The summed E-state index contributed by atoms with van der Waals surface area (Å²) < 4.78 is 14.2. The Hall–Kier alpha value is -0.890. The predicted octanol–water partition coefficient (Wildman–Crippen LogP) is 3.71. The maximum Gasteiger partial charge on any atom is 0.126 e. The van der Waals surface area contributed by atoms with Gasteiger partial charge < -0.3 is 5.32 Å². The fourth-order valence-electron chi connectivity index (χ4n) is 5.34. The molecule has 1 heterocycles. The van der Waals surface area contributed by atoms with E-state index in [9.17, 15) is 4.39 Å². The molecule has 1 aromatic carbocycles. The van der Waals surface area contributed by atoms with Gasteiger partial charge >= 0.3 is 0 Å². The van der Waals surface area contributed by atoms with E-state index in [2.05, 4.69) is 5.32 Å². The van der Waals surface area contributed by atoms with E-state index in [0.29, 0.717) is 11.3 Å². The van der Waals surface area contributed by atoms with Gasteiger partial charge in [0, 0.05) is 12.5 Å². The Labute approximate surface area is 114 Å². The second-order valence-electron chi connectivity index (χ2n) is 6.84. The maximum absolute atomic E-state index is 14.2. The van der Waals surface area contributed by atoms with Gasteiger partial charge in [-0.15, -0.1) is 0 Å². The van der Waals surface area contributed by atoms with Crippen molar-refractivity contribution < 1.29 is 4.39 Å². The minimum absolute atomic E-state index is 0.00153. The topological polar surface area (TPSA) is 12.0 Å². The molecule has 4 atom stereocenters. The number of fused-ring (bicyclic) bond motifs is 3. The second kappa shape index (κ2) is 4.31. The molecule has 4 unspecified atom stereocenters. The van der Waals surface area contributed by atoms with Crippen LogP contribution in [0.3, 0.4) is 0 Å². The highest BCUT2D eigenvalue weighted by atomic mass is 19.1. The first-order valence-electron chi connectivity index (χ1n) is 7.75. The molecule has 2 bridgehead atoms. The van der Waals surface area contributed by atoms with Gasteiger partial charge in [0.1, 0.15) is 5.82 Å². The lowest BCUT2D eigenvalue weighted by atomic mass is 9.59. The highest BCUT2D eigenvalue weighted by molar-refractivity contribution is 5.27. The van der Waals surface area contributed by atoms with E-state index in [1.807, 2.05) is 18.2 Å². The van der Waals surface area contributed by atoms with Gasteiger partial charge in [-0.3, -0.25) is 0 Å². The van der Waals surface area contributed by atoms with Gasteiger partial charge in [-0.25, -0.2) is 4.39 Å². The number of nitrogens with one attached hydrogen (secondary N) is 1. The summed E-state index contributed by atoms with van der Waals surface area (Å²) in [4.78, 5) is 0. The lowest BCUT2D eigenvalue weighted by molar-refractivity contribution is 0.0802. The molecule has 1 N–H and O–H groups in total. The molecule has 1 saturated heterocycles. The van der Waals surface area contributed by atoms with Crippen LogP contribution in [0.25, 0.3) is 0 Å². The van der Waals surface area contributed by atoms with Gasteiger partial charge in [0.2, 0.25) is 0 Å². The van der Waals surface area contributed by atoms with Gasteiger partial charge in [-0.1, -0.05) is 24.6 Å². The number of hydrogen-bond acceptors (Lipinski definition) is 1. The number of piperidine rings is 1. The van der Waals surface area contributed by atoms with Crippen LogP contribution in [-0.2, 0) is 0 Å². The summed E-state index contributed by atoms with van der Waals surface area (Å²) >= 11 is 0. The van der Waals surface area contributed by atoms with E-state index in [1.54, 1.807) is 6.07 Å². The number of benzene rings is 1. The predicted molar refractivity (Wildman–Crippen MR) is 74.5 cm³/mol. The number of rotatable bonds is 1. The zero-order valence-electron chi connectivity index (χ0n) is 11.4. The first-order valence-corrected chi connectivity index (χ1v) is 7.75. The third-order valence-corrected chi connectivity index (χ3v) is 6.11. The molecule has 102 valence electrons. The fraction of sp³-hybridized carbons (Fsp3) is 0.647. The lowest BCUT2D eigenvalue weighted by Crippen LogP contribution is -2.46. The highest BCUT2D eigenvalue weighted by Gasteiger charge is 2.55. The van der Waals surface area contributed by atoms with E-state index in [-0.39, 0.29) is 5.82 Å². The Morgan fingerprint density at radius 3 is 2.84 bits per heavy atom. The van der Waals surface area contributed by atoms with Gasteiger partial charge in [-0.05, 0) is 61.1 Å². The van der Waals surface area contributed by atoms with Gasteiger partial charge in [-0.2, -0.15) is 0 Å². The monoisotopic (exact) mass is 259 g/mol. The molecule has 2 aliphatic carbocycles. The summed E-state index contributed by atoms with van der Waals surface area (Å²) in [6, 6.07) is 7.45. The molecular formula is C17H22FN. The van der Waals surface area contributed by atoms with Gasteiger partial charge in [0.05, 0.1) is 0 Å². The normalized spacial score (nSPS) is 41.0. The van der Waals surface area contributed by atoms with Crippen LogP contribution >= 0.6 is 0 Å². The van der Waals surface area contributed by atoms with E-state index >= 15 is 0 Å². The smallest absolute Gasteiger partial charge is 0.126 e. The van der Waals surface area contributed by atoms with Crippen LogP contribution in [0, 0.1) is 23.1 Å². The molecule has 1 aliphatic heterocycles. The summed E-state index contributed by atoms with van der Waals surface area (Å²) in [6.07, 6.45) is 6.80. The Balaban J connectivity index is 1.75. The Kier molecular flexibility index (Phi) is 2.70. The molecule has 2 saturated carbocycles. The molecule has 0 aromatic heterocycles. The van der Waals surface area contributed by atoms with Gasteiger partial charge in [0.25, 0.3) is 0 Å². The quantitative estimate of drug-likeness (QED) is 0.810. The largest absolute Gasteiger partial charge is 0.316 e. The van der Waals surface area contributed by atoms with Crippen molar-refractivity contribution in [2.75, 3.05) is 13.1 Å². The van der Waals surface area contributed by atoms with Crippen molar-refractivity contribution in [1.82, 2.24) is 5.32 Å². The van der Waals surface area contributed by atoms with Crippen LogP contribution in [0.15, 0.2) is 24.3 Å². The molecule has 3 fully saturated rings. The van der Waals surface area contributed by atoms with E-state index in [1.165, 1.54) is 32.1 Å². The van der Waals surface area contributed by atoms with Crippen molar-refractivity contribution in [3.63, 3.8) is 0 Å². The molecule has 1 nitrogen and oxygen atoms in total.